The van der Waals surface area contributed by atoms with Crippen LogP contribution in [0, 0.1) is 0 Å². The molecule has 0 aromatic heterocycles. The van der Waals surface area contributed by atoms with Gasteiger partial charge in [-0.25, -0.2) is 0 Å². The van der Waals surface area contributed by atoms with Gasteiger partial charge in [-0.3, -0.25) is 0 Å². The fourth-order valence-electron chi connectivity index (χ4n) is 4.81. The predicted octanol–water partition coefficient (Wildman–Crippen LogP) is 4.28. The largest absolute Gasteiger partial charge is 0.394 e. The lowest BCUT2D eigenvalue weighted by molar-refractivity contribution is 0.0319. The predicted molar refractivity (Wildman–Crippen MR) is 113 cm³/mol. The van der Waals surface area contributed by atoms with Crippen LogP contribution in [0.5, 0.6) is 0 Å². The zero-order valence-corrected chi connectivity index (χ0v) is 17.0. The van der Waals surface area contributed by atoms with E-state index in [1.807, 2.05) is 0 Å². The van der Waals surface area contributed by atoms with Crippen molar-refractivity contribution in [2.24, 2.45) is 5.73 Å². The average molecular weight is 380 g/mol. The van der Waals surface area contributed by atoms with Crippen molar-refractivity contribution in [2.45, 2.75) is 76.0 Å². The third-order valence-electron chi connectivity index (χ3n) is 6.76. The van der Waals surface area contributed by atoms with Crippen LogP contribution >= 0.6 is 0 Å². The third kappa shape index (κ3) is 4.32. The number of aryl methyl sites for hydroxylation is 2. The Kier molecular flexibility index (Phi) is 5.86. The number of ether oxygens (including phenoxy) is 1. The zero-order valence-electron chi connectivity index (χ0n) is 17.0. The van der Waals surface area contributed by atoms with Crippen molar-refractivity contribution in [2.75, 3.05) is 6.61 Å². The quantitative estimate of drug-likeness (QED) is 0.788. The fourth-order valence-corrected chi connectivity index (χ4v) is 4.81. The molecule has 0 aliphatic heterocycles. The normalized spacial score (nSPS) is 27.0. The number of aliphatic hydroxyl groups excluding tert-OH is 1. The summed E-state index contributed by atoms with van der Waals surface area (Å²) in [7, 11) is 0. The summed E-state index contributed by atoms with van der Waals surface area (Å²) in [6.45, 7) is 2.97. The highest BCUT2D eigenvalue weighted by atomic mass is 16.5. The van der Waals surface area contributed by atoms with Gasteiger partial charge in [0, 0.05) is 5.54 Å². The fraction of sp³-hybridized carbons (Fsp3) is 0.520. The Morgan fingerprint density at radius 2 is 1.86 bits per heavy atom. The summed E-state index contributed by atoms with van der Waals surface area (Å²) < 4.78 is 6.23. The van der Waals surface area contributed by atoms with E-state index in [4.69, 9.17) is 10.5 Å². The first-order chi connectivity index (χ1) is 13.6. The molecular weight excluding hydrogens is 346 g/mol. The van der Waals surface area contributed by atoms with E-state index in [1.54, 1.807) is 0 Å². The molecule has 0 radical (unpaired) electrons. The molecular formula is C25H33NO2. The molecule has 28 heavy (non-hydrogen) atoms. The molecule has 2 aliphatic carbocycles. The third-order valence-corrected chi connectivity index (χ3v) is 6.76. The summed E-state index contributed by atoms with van der Waals surface area (Å²) in [6.07, 6.45) is 7.46. The van der Waals surface area contributed by atoms with Crippen LogP contribution in [0.1, 0.15) is 66.3 Å². The first kappa shape index (κ1) is 19.6. The number of fused-ring (bicyclic) bond motifs is 1. The van der Waals surface area contributed by atoms with Gasteiger partial charge in [-0.1, -0.05) is 49.4 Å². The molecule has 0 unspecified atom stereocenters. The topological polar surface area (TPSA) is 55.5 Å². The number of hydrogen-bond acceptors (Lipinski definition) is 3. The van der Waals surface area contributed by atoms with Crippen LogP contribution in [0.4, 0.5) is 0 Å². The highest BCUT2D eigenvalue weighted by Crippen LogP contribution is 2.40. The standard InChI is InChI=1S/C25H33NO2/c1-2-18-3-5-19(6-4-18)16-28-24-10-9-20-13-21(7-8-22(20)14-24)23-11-12-25(26,15-23)17-27/h3-8,13,23-24,27H,2,9-12,14-17,26H2,1H3/t23-,24+,25+/m0/s1. The molecule has 0 heterocycles. The van der Waals surface area contributed by atoms with Crippen molar-refractivity contribution in [3.05, 3.63) is 70.3 Å². The van der Waals surface area contributed by atoms with Gasteiger partial charge in [-0.15, -0.1) is 0 Å². The molecule has 0 amide bonds. The molecule has 3 atom stereocenters. The van der Waals surface area contributed by atoms with Gasteiger partial charge < -0.3 is 15.6 Å². The molecule has 1 fully saturated rings. The molecule has 150 valence electrons. The maximum absolute atomic E-state index is 9.53. The average Bonchev–Trinajstić information content (AvgIpc) is 3.15. The molecule has 3 N–H and O–H groups in total. The number of rotatable bonds is 6. The van der Waals surface area contributed by atoms with E-state index in [1.165, 1.54) is 27.8 Å². The van der Waals surface area contributed by atoms with E-state index >= 15 is 0 Å². The van der Waals surface area contributed by atoms with Gasteiger partial charge in [-0.2, -0.15) is 0 Å². The number of benzene rings is 2. The monoisotopic (exact) mass is 379 g/mol. The second-order valence-electron chi connectivity index (χ2n) is 8.83. The van der Waals surface area contributed by atoms with Crippen LogP contribution in [0.15, 0.2) is 42.5 Å². The Hall–Kier alpha value is -1.68. The highest BCUT2D eigenvalue weighted by molar-refractivity contribution is 5.37. The van der Waals surface area contributed by atoms with Crippen molar-refractivity contribution in [1.82, 2.24) is 0 Å². The minimum Gasteiger partial charge on any atom is -0.394 e. The summed E-state index contributed by atoms with van der Waals surface area (Å²) in [5, 5.41) is 9.53. The summed E-state index contributed by atoms with van der Waals surface area (Å²) in [4.78, 5) is 0. The number of aliphatic hydroxyl groups is 1. The second kappa shape index (κ2) is 8.36. The summed E-state index contributed by atoms with van der Waals surface area (Å²) in [6, 6.07) is 15.7. The molecule has 1 saturated carbocycles. The Balaban J connectivity index is 1.35. The SMILES string of the molecule is CCc1ccc(CO[C@@H]2CCc3cc([C@H]4CC[C@](N)(CO)C4)ccc3C2)cc1. The van der Waals surface area contributed by atoms with Gasteiger partial charge in [0.1, 0.15) is 0 Å². The molecule has 2 aliphatic rings. The van der Waals surface area contributed by atoms with Crippen molar-refractivity contribution in [1.29, 1.82) is 0 Å². The lowest BCUT2D eigenvalue weighted by Crippen LogP contribution is -2.40. The summed E-state index contributed by atoms with van der Waals surface area (Å²) in [5.74, 6) is 0.488. The van der Waals surface area contributed by atoms with E-state index in [2.05, 4.69) is 49.4 Å². The van der Waals surface area contributed by atoms with Crippen LogP contribution in [-0.4, -0.2) is 23.4 Å². The lowest BCUT2D eigenvalue weighted by atomic mass is 9.85. The maximum Gasteiger partial charge on any atom is 0.0720 e. The molecule has 0 bridgehead atoms. The summed E-state index contributed by atoms with van der Waals surface area (Å²) in [5.41, 5.74) is 12.8. The Morgan fingerprint density at radius 3 is 2.57 bits per heavy atom. The van der Waals surface area contributed by atoms with Gasteiger partial charge >= 0.3 is 0 Å². The van der Waals surface area contributed by atoms with Gasteiger partial charge in [0.15, 0.2) is 0 Å². The van der Waals surface area contributed by atoms with E-state index in [-0.39, 0.29) is 12.1 Å². The second-order valence-corrected chi connectivity index (χ2v) is 8.83. The van der Waals surface area contributed by atoms with Gasteiger partial charge in [-0.05, 0) is 78.7 Å². The molecule has 2 aromatic rings. The van der Waals surface area contributed by atoms with Gasteiger partial charge in [0.25, 0.3) is 0 Å². The number of nitrogens with two attached hydrogens (primary N) is 1. The van der Waals surface area contributed by atoms with Crippen LogP contribution in [-0.2, 0) is 30.6 Å². The van der Waals surface area contributed by atoms with Crippen molar-refractivity contribution in [3.8, 4) is 0 Å². The highest BCUT2D eigenvalue weighted by Gasteiger charge is 2.36. The van der Waals surface area contributed by atoms with E-state index in [9.17, 15) is 5.11 Å². The molecule has 0 saturated heterocycles. The Bertz CT molecular complexity index is 801. The van der Waals surface area contributed by atoms with Crippen LogP contribution in [0.25, 0.3) is 0 Å². The van der Waals surface area contributed by atoms with Crippen LogP contribution in [0.2, 0.25) is 0 Å². The molecule has 0 spiro atoms. The zero-order chi connectivity index (χ0) is 19.6. The smallest absolute Gasteiger partial charge is 0.0720 e. The Morgan fingerprint density at radius 1 is 1.07 bits per heavy atom. The van der Waals surface area contributed by atoms with E-state index < -0.39 is 0 Å². The maximum atomic E-state index is 9.53. The van der Waals surface area contributed by atoms with Crippen LogP contribution in [0.3, 0.4) is 0 Å². The first-order valence-corrected chi connectivity index (χ1v) is 10.8. The number of hydrogen-bond donors (Lipinski definition) is 2. The minimum atomic E-state index is -0.380. The lowest BCUT2D eigenvalue weighted by Gasteiger charge is -2.26. The van der Waals surface area contributed by atoms with Crippen LogP contribution < -0.4 is 5.73 Å². The molecule has 3 nitrogen and oxygen atoms in total. The molecule has 4 rings (SSSR count). The van der Waals surface area contributed by atoms with E-state index in [0.717, 1.165) is 44.9 Å². The first-order valence-electron chi connectivity index (χ1n) is 10.8. The van der Waals surface area contributed by atoms with Gasteiger partial charge in [0.05, 0.1) is 19.3 Å². The minimum absolute atomic E-state index is 0.0919. The Labute approximate surface area is 168 Å². The van der Waals surface area contributed by atoms with E-state index in [0.29, 0.717) is 18.6 Å². The van der Waals surface area contributed by atoms with Crippen molar-refractivity contribution in [3.63, 3.8) is 0 Å². The molecule has 2 aromatic carbocycles. The van der Waals surface area contributed by atoms with Crippen molar-refractivity contribution >= 4 is 0 Å². The molecule has 3 heteroatoms. The summed E-state index contributed by atoms with van der Waals surface area (Å²) >= 11 is 0. The van der Waals surface area contributed by atoms with Crippen molar-refractivity contribution < 1.29 is 9.84 Å². The van der Waals surface area contributed by atoms with Gasteiger partial charge in [0.2, 0.25) is 0 Å².